The Morgan fingerprint density at radius 1 is 0.816 bits per heavy atom. The standard InChI is InChI=1S/C22H33F9N2O5/c1-18(2)37-13-15(38-18)12-36-14-19(6-3-9-20(23,24)25,7-4-10-32-16(34)21(26,27)28)8-5-11-33-17(35)22(29,30)31/h15H,3-14H2,1-2H3,(H,32,34)(H,33,35). The molecule has 1 heterocycles. The van der Waals surface area contributed by atoms with E-state index in [1.54, 1.807) is 24.5 Å². The molecule has 1 rings (SSSR count). The lowest BCUT2D eigenvalue weighted by Gasteiger charge is -2.35. The number of alkyl halides is 9. The van der Waals surface area contributed by atoms with Gasteiger partial charge in [-0.1, -0.05) is 0 Å². The number of halogens is 9. The molecule has 2 N–H and O–H groups in total. The molecule has 224 valence electrons. The van der Waals surface area contributed by atoms with Gasteiger partial charge in [-0.05, 0) is 57.8 Å². The lowest BCUT2D eigenvalue weighted by Crippen LogP contribution is -2.39. The maximum Gasteiger partial charge on any atom is 0.471 e. The Bertz CT molecular complexity index is 721. The fourth-order valence-corrected chi connectivity index (χ4v) is 4.04. The minimum atomic E-state index is -5.11. The van der Waals surface area contributed by atoms with Crippen molar-refractivity contribution in [3.63, 3.8) is 0 Å². The summed E-state index contributed by atoms with van der Waals surface area (Å²) in [7, 11) is 0. The normalized spacial score (nSPS) is 18.4. The Kier molecular flexibility index (Phi) is 12.6. The number of hydrogen-bond acceptors (Lipinski definition) is 5. The Balaban J connectivity index is 2.89. The van der Waals surface area contributed by atoms with E-state index >= 15 is 0 Å². The summed E-state index contributed by atoms with van der Waals surface area (Å²) in [6.07, 6.45) is -16.9. The molecule has 1 aliphatic rings. The number of hydrogen-bond donors (Lipinski definition) is 2. The lowest BCUT2D eigenvalue weighted by atomic mass is 9.75. The van der Waals surface area contributed by atoms with E-state index in [0.29, 0.717) is 0 Å². The van der Waals surface area contributed by atoms with Crippen LogP contribution in [0.15, 0.2) is 0 Å². The van der Waals surface area contributed by atoms with Gasteiger partial charge in [0.2, 0.25) is 0 Å². The highest BCUT2D eigenvalue weighted by Gasteiger charge is 2.40. The Hall–Kier alpha value is -1.81. The van der Waals surface area contributed by atoms with Gasteiger partial charge >= 0.3 is 30.3 Å². The Labute approximate surface area is 214 Å². The molecule has 0 aromatic rings. The summed E-state index contributed by atoms with van der Waals surface area (Å²) in [6.45, 7) is 2.46. The van der Waals surface area contributed by atoms with Crippen LogP contribution in [-0.4, -0.2) is 75.1 Å². The second kappa shape index (κ2) is 14.0. The van der Waals surface area contributed by atoms with Crippen molar-refractivity contribution in [1.29, 1.82) is 0 Å². The molecular formula is C22H33F9N2O5. The zero-order chi connectivity index (χ0) is 29.3. The third kappa shape index (κ3) is 13.8. The lowest BCUT2D eigenvalue weighted by molar-refractivity contribution is -0.173. The monoisotopic (exact) mass is 576 g/mol. The second-order valence-corrected chi connectivity index (χ2v) is 9.65. The van der Waals surface area contributed by atoms with Crippen LogP contribution in [0, 0.1) is 5.41 Å². The highest BCUT2D eigenvalue weighted by molar-refractivity contribution is 5.81. The van der Waals surface area contributed by atoms with Gasteiger partial charge in [-0.15, -0.1) is 0 Å². The van der Waals surface area contributed by atoms with Gasteiger partial charge in [0, 0.05) is 19.5 Å². The Morgan fingerprint density at radius 2 is 1.29 bits per heavy atom. The molecule has 1 aliphatic heterocycles. The maximum absolute atomic E-state index is 12.8. The van der Waals surface area contributed by atoms with E-state index in [0.717, 1.165) is 0 Å². The van der Waals surface area contributed by atoms with Crippen LogP contribution < -0.4 is 10.6 Å². The largest absolute Gasteiger partial charge is 0.471 e. The van der Waals surface area contributed by atoms with Gasteiger partial charge in [0.25, 0.3) is 0 Å². The molecule has 1 unspecified atom stereocenters. The quantitative estimate of drug-likeness (QED) is 0.216. The van der Waals surface area contributed by atoms with Crippen LogP contribution in [0.1, 0.15) is 58.8 Å². The van der Waals surface area contributed by atoms with Crippen molar-refractivity contribution < 1.29 is 63.3 Å². The van der Waals surface area contributed by atoms with Crippen molar-refractivity contribution in [2.45, 2.75) is 89.2 Å². The second-order valence-electron chi connectivity index (χ2n) is 9.65. The maximum atomic E-state index is 12.8. The predicted molar refractivity (Wildman–Crippen MR) is 115 cm³/mol. The average molecular weight is 576 g/mol. The zero-order valence-corrected chi connectivity index (χ0v) is 21.0. The van der Waals surface area contributed by atoms with Gasteiger partial charge in [0.1, 0.15) is 6.10 Å². The fraction of sp³-hybridized carbons (Fsp3) is 0.909. The van der Waals surface area contributed by atoms with Crippen molar-refractivity contribution in [3.05, 3.63) is 0 Å². The molecule has 0 saturated carbocycles. The fourth-order valence-electron chi connectivity index (χ4n) is 4.04. The molecular weight excluding hydrogens is 543 g/mol. The first-order valence-corrected chi connectivity index (χ1v) is 11.9. The van der Waals surface area contributed by atoms with Gasteiger partial charge in [-0.3, -0.25) is 9.59 Å². The summed E-state index contributed by atoms with van der Waals surface area (Å²) >= 11 is 0. The van der Waals surface area contributed by atoms with Crippen molar-refractivity contribution in [3.8, 4) is 0 Å². The van der Waals surface area contributed by atoms with E-state index in [4.69, 9.17) is 14.2 Å². The summed E-state index contributed by atoms with van der Waals surface area (Å²) in [6, 6.07) is 0. The molecule has 7 nitrogen and oxygen atoms in total. The molecule has 0 aliphatic carbocycles. The molecule has 0 aromatic carbocycles. The third-order valence-electron chi connectivity index (χ3n) is 5.80. The van der Waals surface area contributed by atoms with Crippen molar-refractivity contribution in [2.75, 3.05) is 32.9 Å². The van der Waals surface area contributed by atoms with Gasteiger partial charge in [-0.2, -0.15) is 39.5 Å². The van der Waals surface area contributed by atoms with Gasteiger partial charge in [-0.25, -0.2) is 0 Å². The molecule has 38 heavy (non-hydrogen) atoms. The van der Waals surface area contributed by atoms with Gasteiger partial charge < -0.3 is 24.8 Å². The SMILES string of the molecule is CC1(C)OCC(COCC(CCCNC(=O)C(F)(F)F)(CCCNC(=O)C(F)(F)F)CCCC(F)(F)F)O1. The number of ether oxygens (including phenoxy) is 3. The van der Waals surface area contributed by atoms with Crippen LogP contribution in [0.5, 0.6) is 0 Å². The topological polar surface area (TPSA) is 85.9 Å². The minimum Gasteiger partial charge on any atom is -0.378 e. The predicted octanol–water partition coefficient (Wildman–Crippen LogP) is 4.79. The molecule has 1 atom stereocenters. The highest BCUT2D eigenvalue weighted by Crippen LogP contribution is 2.38. The van der Waals surface area contributed by atoms with E-state index < -0.39 is 67.2 Å². The van der Waals surface area contributed by atoms with Gasteiger partial charge in [0.05, 0.1) is 19.8 Å². The summed E-state index contributed by atoms with van der Waals surface area (Å²) in [5.74, 6) is -5.22. The van der Waals surface area contributed by atoms with Crippen molar-refractivity contribution >= 4 is 11.8 Å². The van der Waals surface area contributed by atoms with Crippen molar-refractivity contribution in [1.82, 2.24) is 10.6 Å². The first-order valence-electron chi connectivity index (χ1n) is 11.9. The summed E-state index contributed by atoms with van der Waals surface area (Å²) in [5, 5.41) is 3.36. The molecule has 0 radical (unpaired) electrons. The summed E-state index contributed by atoms with van der Waals surface area (Å²) in [5.41, 5.74) is -1.09. The highest BCUT2D eigenvalue weighted by atomic mass is 19.4. The number of carbonyl (C=O) groups excluding carboxylic acids is 2. The molecule has 0 bridgehead atoms. The van der Waals surface area contributed by atoms with E-state index in [-0.39, 0.29) is 58.3 Å². The summed E-state index contributed by atoms with van der Waals surface area (Å²) < 4.78 is 130. The van der Waals surface area contributed by atoms with Crippen LogP contribution >= 0.6 is 0 Å². The van der Waals surface area contributed by atoms with E-state index in [1.165, 1.54) is 0 Å². The minimum absolute atomic E-state index is 0.00370. The first kappa shape index (κ1) is 34.2. The average Bonchev–Trinajstić information content (AvgIpc) is 3.10. The molecule has 16 heteroatoms. The van der Waals surface area contributed by atoms with Crippen LogP contribution in [0.4, 0.5) is 39.5 Å². The van der Waals surface area contributed by atoms with E-state index in [9.17, 15) is 49.1 Å². The zero-order valence-electron chi connectivity index (χ0n) is 21.0. The molecule has 2 amide bonds. The van der Waals surface area contributed by atoms with Crippen LogP contribution in [0.2, 0.25) is 0 Å². The van der Waals surface area contributed by atoms with Crippen LogP contribution in [0.25, 0.3) is 0 Å². The number of rotatable bonds is 15. The Morgan fingerprint density at radius 3 is 1.68 bits per heavy atom. The number of carbonyl (C=O) groups is 2. The third-order valence-corrected chi connectivity index (χ3v) is 5.80. The molecule has 0 spiro atoms. The first-order chi connectivity index (χ1) is 17.2. The van der Waals surface area contributed by atoms with Crippen LogP contribution in [0.3, 0.4) is 0 Å². The number of nitrogens with one attached hydrogen (secondary N) is 2. The van der Waals surface area contributed by atoms with Crippen molar-refractivity contribution in [2.24, 2.45) is 5.41 Å². The molecule has 0 aromatic heterocycles. The summed E-state index contributed by atoms with van der Waals surface area (Å²) in [4.78, 5) is 22.1. The molecule has 1 fully saturated rings. The van der Waals surface area contributed by atoms with Gasteiger partial charge in [0.15, 0.2) is 5.79 Å². The molecule has 1 saturated heterocycles. The number of amides is 2. The van der Waals surface area contributed by atoms with E-state index in [1.807, 2.05) is 0 Å². The van der Waals surface area contributed by atoms with Crippen LogP contribution in [-0.2, 0) is 23.8 Å². The smallest absolute Gasteiger partial charge is 0.378 e. The van der Waals surface area contributed by atoms with E-state index in [2.05, 4.69) is 0 Å².